The Morgan fingerprint density at radius 3 is 2.18 bits per heavy atom. The van der Waals surface area contributed by atoms with Crippen LogP contribution in [-0.4, -0.2) is 11.1 Å². The van der Waals surface area contributed by atoms with Crippen LogP contribution in [0.4, 0.5) is 11.4 Å². The largest absolute Gasteiger partial charge is 0.478 e. The number of rotatable bonds is 2. The number of hydrogen-bond acceptors (Lipinski definition) is 3. The van der Waals surface area contributed by atoms with Crippen molar-refractivity contribution in [2.24, 2.45) is 0 Å². The average Bonchev–Trinajstić information content (AvgIpc) is 2.29. The molecule has 4 nitrogen and oxygen atoms in total. The summed E-state index contributed by atoms with van der Waals surface area (Å²) in [6.45, 7) is 0. The zero-order valence-electron chi connectivity index (χ0n) is 9.05. The van der Waals surface area contributed by atoms with Gasteiger partial charge in [0.15, 0.2) is 0 Å². The van der Waals surface area contributed by atoms with Crippen LogP contribution in [0.3, 0.4) is 0 Å². The summed E-state index contributed by atoms with van der Waals surface area (Å²) in [5, 5.41) is 8.80. The molecule has 0 radical (unpaired) electrons. The van der Waals surface area contributed by atoms with Crippen LogP contribution in [0.25, 0.3) is 11.1 Å². The summed E-state index contributed by atoms with van der Waals surface area (Å²) in [7, 11) is 0. The summed E-state index contributed by atoms with van der Waals surface area (Å²) in [5.41, 5.74) is 14.6. The molecule has 0 bridgehead atoms. The molecule has 0 amide bonds. The van der Waals surface area contributed by atoms with Gasteiger partial charge in [0.1, 0.15) is 0 Å². The zero-order chi connectivity index (χ0) is 12.4. The molecule has 0 aliphatic carbocycles. The fourth-order valence-corrected chi connectivity index (χ4v) is 1.64. The van der Waals surface area contributed by atoms with E-state index >= 15 is 0 Å². The lowest BCUT2D eigenvalue weighted by atomic mass is 10.0. The zero-order valence-corrected chi connectivity index (χ0v) is 9.05. The van der Waals surface area contributed by atoms with E-state index in [0.717, 1.165) is 11.1 Å². The maximum atomic E-state index is 10.7. The van der Waals surface area contributed by atoms with Gasteiger partial charge >= 0.3 is 5.97 Å². The molecular weight excluding hydrogens is 216 g/mol. The Morgan fingerprint density at radius 1 is 1.00 bits per heavy atom. The highest BCUT2D eigenvalue weighted by Gasteiger charge is 2.05. The van der Waals surface area contributed by atoms with Crippen molar-refractivity contribution in [2.75, 3.05) is 11.5 Å². The lowest BCUT2D eigenvalue weighted by Crippen LogP contribution is -1.96. The van der Waals surface area contributed by atoms with Gasteiger partial charge in [0, 0.05) is 16.9 Å². The van der Waals surface area contributed by atoms with Crippen LogP contribution in [0, 0.1) is 0 Å². The monoisotopic (exact) mass is 228 g/mol. The van der Waals surface area contributed by atoms with E-state index in [1.54, 1.807) is 36.4 Å². The van der Waals surface area contributed by atoms with Crippen LogP contribution in [0.5, 0.6) is 0 Å². The Hall–Kier alpha value is -2.49. The highest BCUT2D eigenvalue weighted by molar-refractivity contribution is 5.89. The topological polar surface area (TPSA) is 89.3 Å². The van der Waals surface area contributed by atoms with Crippen LogP contribution < -0.4 is 11.5 Å². The van der Waals surface area contributed by atoms with Gasteiger partial charge in [-0.25, -0.2) is 4.79 Å². The molecule has 4 heteroatoms. The Morgan fingerprint density at radius 2 is 1.65 bits per heavy atom. The molecule has 17 heavy (non-hydrogen) atoms. The van der Waals surface area contributed by atoms with Gasteiger partial charge < -0.3 is 16.6 Å². The first-order valence-electron chi connectivity index (χ1n) is 5.06. The molecule has 2 rings (SSSR count). The van der Waals surface area contributed by atoms with Crippen LogP contribution >= 0.6 is 0 Å². The fourth-order valence-electron chi connectivity index (χ4n) is 1.64. The standard InChI is InChI=1S/C13H12N2O2/c14-10-5-6-11(12(15)7-10)8-1-3-9(4-2-8)13(16)17/h1-7H,14-15H2,(H,16,17). The van der Waals surface area contributed by atoms with Gasteiger partial charge in [0.2, 0.25) is 0 Å². The van der Waals surface area contributed by atoms with Crippen molar-refractivity contribution in [3.63, 3.8) is 0 Å². The minimum Gasteiger partial charge on any atom is -0.478 e. The molecule has 0 saturated carbocycles. The van der Waals surface area contributed by atoms with E-state index in [4.69, 9.17) is 16.6 Å². The molecule has 0 aliphatic rings. The Balaban J connectivity index is 2.43. The number of carbonyl (C=O) groups is 1. The lowest BCUT2D eigenvalue weighted by Gasteiger charge is -2.07. The molecule has 0 aromatic heterocycles. The van der Waals surface area contributed by atoms with E-state index < -0.39 is 5.97 Å². The minimum absolute atomic E-state index is 0.253. The third kappa shape index (κ3) is 2.20. The first-order chi connectivity index (χ1) is 8.08. The van der Waals surface area contributed by atoms with Crippen LogP contribution in [-0.2, 0) is 0 Å². The summed E-state index contributed by atoms with van der Waals surface area (Å²) in [4.78, 5) is 10.7. The number of anilines is 2. The quantitative estimate of drug-likeness (QED) is 0.687. The molecule has 0 fully saturated rings. The van der Waals surface area contributed by atoms with E-state index in [-0.39, 0.29) is 5.56 Å². The minimum atomic E-state index is -0.943. The first kappa shape index (κ1) is 11.0. The summed E-state index contributed by atoms with van der Waals surface area (Å²) in [5.74, 6) is -0.943. The van der Waals surface area contributed by atoms with Gasteiger partial charge in [-0.15, -0.1) is 0 Å². The predicted octanol–water partition coefficient (Wildman–Crippen LogP) is 2.22. The van der Waals surface area contributed by atoms with Gasteiger partial charge in [-0.1, -0.05) is 18.2 Å². The molecule has 0 unspecified atom stereocenters. The van der Waals surface area contributed by atoms with Crippen LogP contribution in [0.2, 0.25) is 0 Å². The number of hydrogen-bond donors (Lipinski definition) is 3. The molecule has 0 aliphatic heterocycles. The van der Waals surface area contributed by atoms with Crippen molar-refractivity contribution in [1.29, 1.82) is 0 Å². The molecule has 86 valence electrons. The van der Waals surface area contributed by atoms with Crippen molar-refractivity contribution >= 4 is 17.3 Å². The molecule has 0 saturated heterocycles. The molecule has 0 spiro atoms. The number of nitrogen functional groups attached to an aromatic ring is 2. The van der Waals surface area contributed by atoms with Crippen molar-refractivity contribution < 1.29 is 9.90 Å². The second-order valence-electron chi connectivity index (χ2n) is 3.73. The SMILES string of the molecule is Nc1ccc(-c2ccc(C(=O)O)cc2)c(N)c1. The molecular formula is C13H12N2O2. The number of carboxylic acid groups (broad SMARTS) is 1. The Kier molecular flexibility index (Phi) is 2.70. The number of aromatic carboxylic acids is 1. The summed E-state index contributed by atoms with van der Waals surface area (Å²) in [6.07, 6.45) is 0. The van der Waals surface area contributed by atoms with Crippen molar-refractivity contribution in [2.45, 2.75) is 0 Å². The van der Waals surface area contributed by atoms with E-state index in [1.807, 2.05) is 6.07 Å². The van der Waals surface area contributed by atoms with Crippen molar-refractivity contribution in [3.8, 4) is 11.1 Å². The third-order valence-electron chi connectivity index (χ3n) is 2.52. The van der Waals surface area contributed by atoms with Gasteiger partial charge in [-0.3, -0.25) is 0 Å². The second kappa shape index (κ2) is 4.17. The maximum absolute atomic E-state index is 10.7. The second-order valence-corrected chi connectivity index (χ2v) is 3.73. The van der Waals surface area contributed by atoms with Gasteiger partial charge in [0.05, 0.1) is 5.56 Å². The number of carboxylic acids is 1. The molecule has 0 atom stereocenters. The highest BCUT2D eigenvalue weighted by atomic mass is 16.4. The summed E-state index contributed by atoms with van der Waals surface area (Å²) in [6, 6.07) is 11.8. The van der Waals surface area contributed by atoms with Gasteiger partial charge in [-0.05, 0) is 29.8 Å². The van der Waals surface area contributed by atoms with E-state index in [1.165, 1.54) is 0 Å². The maximum Gasteiger partial charge on any atom is 0.335 e. The van der Waals surface area contributed by atoms with E-state index in [0.29, 0.717) is 11.4 Å². The van der Waals surface area contributed by atoms with Gasteiger partial charge in [-0.2, -0.15) is 0 Å². The van der Waals surface area contributed by atoms with E-state index in [2.05, 4.69) is 0 Å². The number of nitrogens with two attached hydrogens (primary N) is 2. The van der Waals surface area contributed by atoms with Crippen molar-refractivity contribution in [3.05, 3.63) is 48.0 Å². The molecule has 0 heterocycles. The van der Waals surface area contributed by atoms with Crippen molar-refractivity contribution in [1.82, 2.24) is 0 Å². The fraction of sp³-hybridized carbons (Fsp3) is 0. The first-order valence-corrected chi connectivity index (χ1v) is 5.06. The number of benzene rings is 2. The molecule has 2 aromatic carbocycles. The molecule has 5 N–H and O–H groups in total. The third-order valence-corrected chi connectivity index (χ3v) is 2.52. The van der Waals surface area contributed by atoms with Crippen LogP contribution in [0.1, 0.15) is 10.4 Å². The smallest absolute Gasteiger partial charge is 0.335 e. The normalized spacial score (nSPS) is 10.1. The summed E-state index contributed by atoms with van der Waals surface area (Å²) < 4.78 is 0. The Labute approximate surface area is 98.5 Å². The van der Waals surface area contributed by atoms with E-state index in [9.17, 15) is 4.79 Å². The van der Waals surface area contributed by atoms with Crippen LogP contribution in [0.15, 0.2) is 42.5 Å². The Bertz CT molecular complexity index is 562. The lowest BCUT2D eigenvalue weighted by molar-refractivity contribution is 0.0697. The predicted molar refractivity (Wildman–Crippen MR) is 67.7 cm³/mol. The average molecular weight is 228 g/mol. The summed E-state index contributed by atoms with van der Waals surface area (Å²) >= 11 is 0. The highest BCUT2D eigenvalue weighted by Crippen LogP contribution is 2.27. The molecule has 2 aromatic rings. The van der Waals surface area contributed by atoms with Gasteiger partial charge in [0.25, 0.3) is 0 Å².